The molecule has 0 bridgehead atoms. The Hall–Kier alpha value is -3.15. The first-order valence-electron chi connectivity index (χ1n) is 8.90. The molecule has 1 saturated heterocycles. The second-order valence-corrected chi connectivity index (χ2v) is 6.79. The van der Waals surface area contributed by atoms with Gasteiger partial charge in [-0.3, -0.25) is 14.4 Å². The summed E-state index contributed by atoms with van der Waals surface area (Å²) in [5.41, 5.74) is 2.19. The quantitative estimate of drug-likeness (QED) is 0.823. The van der Waals surface area contributed by atoms with Crippen LogP contribution < -0.4 is 5.32 Å². The molecule has 0 saturated carbocycles. The fourth-order valence-electron chi connectivity index (χ4n) is 3.37. The third-order valence-corrected chi connectivity index (χ3v) is 4.83. The van der Waals surface area contributed by atoms with Crippen LogP contribution in [0.2, 0.25) is 0 Å². The number of benzene rings is 2. The van der Waals surface area contributed by atoms with Crippen LogP contribution >= 0.6 is 0 Å². The smallest absolute Gasteiger partial charge is 0.307 e. The Morgan fingerprint density at radius 3 is 2.63 bits per heavy atom. The molecule has 0 aliphatic carbocycles. The molecule has 0 aromatic heterocycles. The van der Waals surface area contributed by atoms with Gasteiger partial charge in [0, 0.05) is 18.7 Å². The molecule has 1 fully saturated rings. The lowest BCUT2D eigenvalue weighted by Gasteiger charge is -2.25. The molecule has 2 N–H and O–H groups in total. The molecule has 6 nitrogen and oxygen atoms in total. The van der Waals surface area contributed by atoms with Gasteiger partial charge in [0.15, 0.2) is 0 Å². The van der Waals surface area contributed by atoms with E-state index in [9.17, 15) is 14.4 Å². The summed E-state index contributed by atoms with van der Waals surface area (Å²) in [5, 5.41) is 11.7. The number of nitrogens with zero attached hydrogens (tertiary/aromatic N) is 1. The summed E-state index contributed by atoms with van der Waals surface area (Å²) in [7, 11) is 0. The van der Waals surface area contributed by atoms with E-state index in [1.807, 2.05) is 37.3 Å². The van der Waals surface area contributed by atoms with Gasteiger partial charge in [0.05, 0.1) is 18.4 Å². The van der Waals surface area contributed by atoms with Crippen LogP contribution in [0.1, 0.15) is 30.5 Å². The maximum atomic E-state index is 12.6. The normalized spacial score (nSPS) is 17.6. The minimum absolute atomic E-state index is 0.0360. The fraction of sp³-hybridized carbons (Fsp3) is 0.286. The molecule has 140 valence electrons. The molecule has 2 aromatic carbocycles. The van der Waals surface area contributed by atoms with Crippen molar-refractivity contribution in [2.45, 2.75) is 25.8 Å². The highest BCUT2D eigenvalue weighted by molar-refractivity contribution is 5.97. The fourth-order valence-corrected chi connectivity index (χ4v) is 3.37. The maximum absolute atomic E-state index is 12.6. The zero-order valence-electron chi connectivity index (χ0n) is 15.1. The standard InChI is InChI=1S/C21H22N2O4/c1-14(16-7-3-2-4-8-16)23-13-17(12-19(23)24)21(27)22-18-9-5-6-15(10-18)11-20(25)26/h2-10,14,17H,11-13H2,1H3,(H,22,27)(H,25,26)/t14-,17-/m0/s1. The van der Waals surface area contributed by atoms with Crippen LogP contribution in [-0.2, 0) is 20.8 Å². The summed E-state index contributed by atoms with van der Waals surface area (Å²) in [6.07, 6.45) is 0.0752. The molecule has 3 rings (SSSR count). The van der Waals surface area contributed by atoms with E-state index in [1.165, 1.54) is 0 Å². The molecule has 2 aromatic rings. The van der Waals surface area contributed by atoms with Gasteiger partial charge in [-0.15, -0.1) is 0 Å². The van der Waals surface area contributed by atoms with Crippen molar-refractivity contribution in [3.05, 3.63) is 65.7 Å². The van der Waals surface area contributed by atoms with E-state index in [2.05, 4.69) is 5.32 Å². The lowest BCUT2D eigenvalue weighted by Crippen LogP contribution is -2.30. The number of carboxylic acid groups (broad SMARTS) is 1. The van der Waals surface area contributed by atoms with Crippen molar-refractivity contribution in [2.75, 3.05) is 11.9 Å². The van der Waals surface area contributed by atoms with Crippen LogP contribution in [0.15, 0.2) is 54.6 Å². The average Bonchev–Trinajstić information content (AvgIpc) is 3.03. The van der Waals surface area contributed by atoms with Gasteiger partial charge in [-0.1, -0.05) is 42.5 Å². The van der Waals surface area contributed by atoms with E-state index in [4.69, 9.17) is 5.11 Å². The highest BCUT2D eigenvalue weighted by Gasteiger charge is 2.37. The van der Waals surface area contributed by atoms with E-state index in [-0.39, 0.29) is 30.7 Å². The number of hydrogen-bond acceptors (Lipinski definition) is 3. The first kappa shape index (κ1) is 18.6. The second kappa shape index (κ2) is 8.03. The number of anilines is 1. The van der Waals surface area contributed by atoms with Crippen molar-refractivity contribution in [3.63, 3.8) is 0 Å². The van der Waals surface area contributed by atoms with E-state index >= 15 is 0 Å². The van der Waals surface area contributed by atoms with E-state index in [1.54, 1.807) is 29.2 Å². The minimum Gasteiger partial charge on any atom is -0.481 e. The SMILES string of the molecule is C[C@@H](c1ccccc1)N1C[C@@H](C(=O)Nc2cccc(CC(=O)O)c2)CC1=O. The molecule has 2 atom stereocenters. The third-order valence-electron chi connectivity index (χ3n) is 4.83. The molecule has 6 heteroatoms. The first-order chi connectivity index (χ1) is 12.9. The van der Waals surface area contributed by atoms with Gasteiger partial charge < -0.3 is 15.3 Å². The monoisotopic (exact) mass is 366 g/mol. The van der Waals surface area contributed by atoms with Crippen LogP contribution in [-0.4, -0.2) is 34.3 Å². The van der Waals surface area contributed by atoms with E-state index < -0.39 is 11.9 Å². The molecule has 1 aliphatic rings. The lowest BCUT2D eigenvalue weighted by molar-refractivity contribution is -0.136. The number of carbonyl (C=O) groups is 3. The zero-order chi connectivity index (χ0) is 19.4. The summed E-state index contributed by atoms with van der Waals surface area (Å²) in [4.78, 5) is 37.6. The number of amides is 2. The molecule has 0 unspecified atom stereocenters. The molecule has 1 heterocycles. The van der Waals surface area contributed by atoms with Gasteiger partial charge >= 0.3 is 5.97 Å². The summed E-state index contributed by atoms with van der Waals surface area (Å²) in [5.74, 6) is -1.61. The Balaban J connectivity index is 1.65. The number of carbonyl (C=O) groups excluding carboxylic acids is 2. The molecular weight excluding hydrogens is 344 g/mol. The van der Waals surface area contributed by atoms with Gasteiger partial charge in [-0.2, -0.15) is 0 Å². The third kappa shape index (κ3) is 4.53. The number of carboxylic acids is 1. The van der Waals surface area contributed by atoms with Crippen molar-refractivity contribution >= 4 is 23.5 Å². The summed E-state index contributed by atoms with van der Waals surface area (Å²) >= 11 is 0. The molecular formula is C21H22N2O4. The molecule has 0 spiro atoms. The van der Waals surface area contributed by atoms with Crippen molar-refractivity contribution in [1.82, 2.24) is 4.90 Å². The molecule has 27 heavy (non-hydrogen) atoms. The van der Waals surface area contributed by atoms with Crippen LogP contribution in [0.25, 0.3) is 0 Å². The van der Waals surface area contributed by atoms with Gasteiger partial charge in [0.1, 0.15) is 0 Å². The van der Waals surface area contributed by atoms with Crippen LogP contribution in [0.3, 0.4) is 0 Å². The second-order valence-electron chi connectivity index (χ2n) is 6.79. The molecule has 2 amide bonds. The van der Waals surface area contributed by atoms with Crippen LogP contribution in [0.4, 0.5) is 5.69 Å². The Morgan fingerprint density at radius 1 is 1.19 bits per heavy atom. The lowest BCUT2D eigenvalue weighted by atomic mass is 10.1. The van der Waals surface area contributed by atoms with Gasteiger partial charge in [-0.25, -0.2) is 0 Å². The number of aliphatic carboxylic acids is 1. The largest absolute Gasteiger partial charge is 0.481 e. The predicted molar refractivity (Wildman–Crippen MR) is 101 cm³/mol. The highest BCUT2D eigenvalue weighted by atomic mass is 16.4. The minimum atomic E-state index is -0.926. The van der Waals surface area contributed by atoms with E-state index in [0.717, 1.165) is 5.56 Å². The Bertz CT molecular complexity index is 850. The van der Waals surface area contributed by atoms with Gasteiger partial charge in [0.2, 0.25) is 11.8 Å². The van der Waals surface area contributed by atoms with Gasteiger partial charge in [0.25, 0.3) is 0 Å². The number of hydrogen-bond donors (Lipinski definition) is 2. The predicted octanol–water partition coefficient (Wildman–Crippen LogP) is 2.86. The van der Waals surface area contributed by atoms with E-state index in [0.29, 0.717) is 17.8 Å². The zero-order valence-corrected chi connectivity index (χ0v) is 15.1. The summed E-state index contributed by atoms with van der Waals surface area (Å²) in [6, 6.07) is 16.4. The van der Waals surface area contributed by atoms with Gasteiger partial charge in [-0.05, 0) is 30.2 Å². The Morgan fingerprint density at radius 2 is 1.93 bits per heavy atom. The molecule has 0 radical (unpaired) electrons. The van der Waals surface area contributed by atoms with Crippen molar-refractivity contribution in [1.29, 1.82) is 0 Å². The van der Waals surface area contributed by atoms with Crippen LogP contribution in [0.5, 0.6) is 0 Å². The summed E-state index contributed by atoms with van der Waals surface area (Å²) in [6.45, 7) is 2.33. The van der Waals surface area contributed by atoms with Crippen molar-refractivity contribution in [2.24, 2.45) is 5.92 Å². The number of nitrogens with one attached hydrogen (secondary N) is 1. The average molecular weight is 366 g/mol. The Labute approximate surface area is 157 Å². The van der Waals surface area contributed by atoms with Crippen molar-refractivity contribution < 1.29 is 19.5 Å². The molecule has 1 aliphatic heterocycles. The van der Waals surface area contributed by atoms with Crippen molar-refractivity contribution in [3.8, 4) is 0 Å². The highest BCUT2D eigenvalue weighted by Crippen LogP contribution is 2.29. The first-order valence-corrected chi connectivity index (χ1v) is 8.90. The van der Waals surface area contributed by atoms with Crippen LogP contribution in [0, 0.1) is 5.92 Å². The topological polar surface area (TPSA) is 86.7 Å². The maximum Gasteiger partial charge on any atom is 0.307 e. The number of rotatable bonds is 6. The number of likely N-dealkylation sites (tertiary alicyclic amines) is 1. The summed E-state index contributed by atoms with van der Waals surface area (Å²) < 4.78 is 0. The Kier molecular flexibility index (Phi) is 5.54.